The van der Waals surface area contributed by atoms with Gasteiger partial charge in [0.2, 0.25) is 0 Å². The van der Waals surface area contributed by atoms with Crippen LogP contribution in [0.15, 0.2) is 6.07 Å². The van der Waals surface area contributed by atoms with Crippen molar-refractivity contribution in [2.24, 2.45) is 5.84 Å². The van der Waals surface area contributed by atoms with Gasteiger partial charge in [-0.3, -0.25) is 0 Å². The quantitative estimate of drug-likeness (QED) is 0.631. The Balaban J connectivity index is 2.26. The van der Waals surface area contributed by atoms with Crippen LogP contribution in [0.25, 0.3) is 0 Å². The van der Waals surface area contributed by atoms with Gasteiger partial charge in [0.05, 0.1) is 12.7 Å². The molecule has 0 aromatic carbocycles. The number of hydrogen-bond acceptors (Lipinski definition) is 5. The minimum atomic E-state index is -0.806. The molecular formula is C11H16F2N4O. The summed E-state index contributed by atoms with van der Waals surface area (Å²) < 4.78 is 32.5. The highest BCUT2D eigenvalue weighted by Crippen LogP contribution is 2.24. The van der Waals surface area contributed by atoms with Gasteiger partial charge in [0.1, 0.15) is 0 Å². The Morgan fingerprint density at radius 2 is 2.33 bits per heavy atom. The summed E-state index contributed by atoms with van der Waals surface area (Å²) in [5.41, 5.74) is 2.12. The number of nitrogens with two attached hydrogens (primary N) is 1. The van der Waals surface area contributed by atoms with Gasteiger partial charge in [-0.05, 0) is 6.42 Å². The molecule has 2 heterocycles. The molecule has 7 heteroatoms. The summed E-state index contributed by atoms with van der Waals surface area (Å²) in [4.78, 5) is 5.61. The largest absolute Gasteiger partial charge is 0.375 e. The van der Waals surface area contributed by atoms with Crippen molar-refractivity contribution in [2.75, 3.05) is 30.0 Å². The number of ether oxygens (including phenoxy) is 1. The molecule has 18 heavy (non-hydrogen) atoms. The summed E-state index contributed by atoms with van der Waals surface area (Å²) in [6.07, 6.45) is 0.876. The standard InChI is InChI=1S/C11H16F2N4O/c1-2-7-6-17(3-4-18-7)11-9(13)5-8(12)10(15-11)16-14/h5,7H,2-4,6,14H2,1H3,(H,15,16). The molecule has 0 aliphatic carbocycles. The van der Waals surface area contributed by atoms with Crippen LogP contribution in [0.2, 0.25) is 0 Å². The Kier molecular flexibility index (Phi) is 3.93. The Labute approximate surface area is 104 Å². The van der Waals surface area contributed by atoms with Crippen LogP contribution in [-0.4, -0.2) is 30.8 Å². The van der Waals surface area contributed by atoms with E-state index in [0.717, 1.165) is 12.5 Å². The van der Waals surface area contributed by atoms with Gasteiger partial charge >= 0.3 is 0 Å². The molecule has 1 fully saturated rings. The second-order valence-electron chi connectivity index (χ2n) is 4.12. The number of rotatable bonds is 3. The summed E-state index contributed by atoms with van der Waals surface area (Å²) >= 11 is 0. The Hall–Kier alpha value is -1.47. The summed E-state index contributed by atoms with van der Waals surface area (Å²) in [5, 5.41) is 0. The fourth-order valence-electron chi connectivity index (χ4n) is 1.94. The summed E-state index contributed by atoms with van der Waals surface area (Å²) in [6, 6.07) is 0.786. The SMILES string of the molecule is CCC1CN(c2nc(NN)c(F)cc2F)CCO1. The van der Waals surface area contributed by atoms with E-state index in [9.17, 15) is 8.78 Å². The predicted molar refractivity (Wildman–Crippen MR) is 64.2 cm³/mol. The van der Waals surface area contributed by atoms with Crippen molar-refractivity contribution < 1.29 is 13.5 Å². The van der Waals surface area contributed by atoms with Crippen LogP contribution >= 0.6 is 0 Å². The maximum absolute atomic E-state index is 13.7. The van der Waals surface area contributed by atoms with Crippen molar-refractivity contribution in [3.8, 4) is 0 Å². The molecule has 1 saturated heterocycles. The number of hydrazine groups is 1. The fraction of sp³-hybridized carbons (Fsp3) is 0.545. The zero-order valence-corrected chi connectivity index (χ0v) is 10.1. The lowest BCUT2D eigenvalue weighted by atomic mass is 10.2. The fourth-order valence-corrected chi connectivity index (χ4v) is 1.94. The molecule has 0 radical (unpaired) electrons. The van der Waals surface area contributed by atoms with Gasteiger partial charge in [-0.25, -0.2) is 19.6 Å². The van der Waals surface area contributed by atoms with Crippen LogP contribution in [0.4, 0.5) is 20.4 Å². The van der Waals surface area contributed by atoms with E-state index < -0.39 is 11.6 Å². The van der Waals surface area contributed by atoms with Crippen molar-refractivity contribution in [1.29, 1.82) is 0 Å². The molecule has 0 amide bonds. The Morgan fingerprint density at radius 3 is 3.00 bits per heavy atom. The van der Waals surface area contributed by atoms with Crippen molar-refractivity contribution in [1.82, 2.24) is 4.98 Å². The van der Waals surface area contributed by atoms with Gasteiger partial charge in [-0.2, -0.15) is 0 Å². The minimum Gasteiger partial charge on any atom is -0.375 e. The molecular weight excluding hydrogens is 242 g/mol. The molecule has 1 aliphatic heterocycles. The lowest BCUT2D eigenvalue weighted by molar-refractivity contribution is 0.0379. The monoisotopic (exact) mass is 258 g/mol. The molecule has 100 valence electrons. The second-order valence-corrected chi connectivity index (χ2v) is 4.12. The smallest absolute Gasteiger partial charge is 0.178 e. The molecule has 3 N–H and O–H groups in total. The number of halogens is 2. The molecule has 1 unspecified atom stereocenters. The molecule has 0 spiro atoms. The van der Waals surface area contributed by atoms with Crippen LogP contribution in [0, 0.1) is 11.6 Å². The molecule has 1 aromatic rings. The van der Waals surface area contributed by atoms with Crippen LogP contribution in [0.1, 0.15) is 13.3 Å². The average Bonchev–Trinajstić information content (AvgIpc) is 2.39. The predicted octanol–water partition coefficient (Wildman–Crippen LogP) is 1.26. The maximum atomic E-state index is 13.7. The highest BCUT2D eigenvalue weighted by atomic mass is 19.1. The van der Waals surface area contributed by atoms with E-state index in [2.05, 4.69) is 10.4 Å². The molecule has 1 aromatic heterocycles. The summed E-state index contributed by atoms with van der Waals surface area (Å²) in [5.74, 6) is 3.58. The van der Waals surface area contributed by atoms with Crippen LogP contribution < -0.4 is 16.2 Å². The lowest BCUT2D eigenvalue weighted by Crippen LogP contribution is -2.43. The van der Waals surface area contributed by atoms with E-state index in [1.165, 1.54) is 0 Å². The summed E-state index contributed by atoms with van der Waals surface area (Å²) in [7, 11) is 0. The molecule has 2 rings (SSSR count). The maximum Gasteiger partial charge on any atom is 0.178 e. The molecule has 1 atom stereocenters. The molecule has 5 nitrogen and oxygen atoms in total. The van der Waals surface area contributed by atoms with E-state index >= 15 is 0 Å². The number of pyridine rings is 1. The third kappa shape index (κ3) is 2.51. The number of aromatic nitrogens is 1. The van der Waals surface area contributed by atoms with Gasteiger partial charge in [0, 0.05) is 19.2 Å². The first kappa shape index (κ1) is 13.0. The normalized spacial score (nSPS) is 20.0. The minimum absolute atomic E-state index is 0.0410. The van der Waals surface area contributed by atoms with E-state index in [1.54, 1.807) is 4.90 Å². The Bertz CT molecular complexity index is 430. The van der Waals surface area contributed by atoms with Crippen LogP contribution in [0.3, 0.4) is 0 Å². The zero-order valence-electron chi connectivity index (χ0n) is 10.1. The first-order valence-corrected chi connectivity index (χ1v) is 5.85. The zero-order chi connectivity index (χ0) is 13.1. The van der Waals surface area contributed by atoms with E-state index in [4.69, 9.17) is 10.6 Å². The highest BCUT2D eigenvalue weighted by molar-refractivity contribution is 5.49. The number of nitrogen functional groups attached to an aromatic ring is 1. The third-order valence-electron chi connectivity index (χ3n) is 2.94. The van der Waals surface area contributed by atoms with Crippen molar-refractivity contribution in [3.63, 3.8) is 0 Å². The van der Waals surface area contributed by atoms with E-state index in [-0.39, 0.29) is 17.7 Å². The molecule has 0 saturated carbocycles. The highest BCUT2D eigenvalue weighted by Gasteiger charge is 2.23. The van der Waals surface area contributed by atoms with Gasteiger partial charge in [0.25, 0.3) is 0 Å². The van der Waals surface area contributed by atoms with E-state index in [1.807, 2.05) is 6.92 Å². The Morgan fingerprint density at radius 1 is 1.56 bits per heavy atom. The van der Waals surface area contributed by atoms with Crippen LogP contribution in [-0.2, 0) is 4.74 Å². The average molecular weight is 258 g/mol. The third-order valence-corrected chi connectivity index (χ3v) is 2.94. The number of morpholine rings is 1. The first-order valence-electron chi connectivity index (χ1n) is 5.85. The molecule has 0 bridgehead atoms. The second kappa shape index (κ2) is 5.45. The van der Waals surface area contributed by atoms with Gasteiger partial charge in [-0.1, -0.05) is 6.92 Å². The number of anilines is 2. The van der Waals surface area contributed by atoms with Gasteiger partial charge in [0.15, 0.2) is 23.3 Å². The van der Waals surface area contributed by atoms with Crippen molar-refractivity contribution in [3.05, 3.63) is 17.7 Å². The molecule has 1 aliphatic rings. The number of hydrogen-bond donors (Lipinski definition) is 2. The lowest BCUT2D eigenvalue weighted by Gasteiger charge is -2.33. The van der Waals surface area contributed by atoms with Gasteiger partial charge in [-0.15, -0.1) is 0 Å². The number of nitrogens with zero attached hydrogens (tertiary/aromatic N) is 2. The first-order chi connectivity index (χ1) is 8.65. The topological polar surface area (TPSA) is 63.4 Å². The summed E-state index contributed by atoms with van der Waals surface area (Å²) in [6.45, 7) is 3.56. The van der Waals surface area contributed by atoms with Gasteiger partial charge < -0.3 is 15.1 Å². The van der Waals surface area contributed by atoms with Crippen molar-refractivity contribution >= 4 is 11.6 Å². The van der Waals surface area contributed by atoms with E-state index in [0.29, 0.717) is 19.7 Å². The van der Waals surface area contributed by atoms with Crippen LogP contribution in [0.5, 0.6) is 0 Å². The number of nitrogens with one attached hydrogen (secondary N) is 1. The van der Waals surface area contributed by atoms with Crippen molar-refractivity contribution in [2.45, 2.75) is 19.4 Å².